The highest BCUT2D eigenvalue weighted by Crippen LogP contribution is 2.35. The molecule has 0 bridgehead atoms. The van der Waals surface area contributed by atoms with Gasteiger partial charge in [-0.25, -0.2) is 0 Å². The van der Waals surface area contributed by atoms with Crippen molar-refractivity contribution < 1.29 is 14.4 Å². The second kappa shape index (κ2) is 7.43. The SMILES string of the molecule is CCSc1nnc(NC(=O)CCN2C(=O)C3CC=CCC3C2=O)s1. The molecular formula is C15H18N4O3S2. The number of carbonyl (C=O) groups excluding carboxylic acids is 3. The molecule has 0 spiro atoms. The van der Waals surface area contributed by atoms with Crippen LogP contribution >= 0.6 is 23.1 Å². The maximum Gasteiger partial charge on any atom is 0.233 e. The zero-order valence-corrected chi connectivity index (χ0v) is 14.9. The Morgan fingerprint density at radius 2 is 1.96 bits per heavy atom. The van der Waals surface area contributed by atoms with E-state index in [2.05, 4.69) is 15.5 Å². The zero-order valence-electron chi connectivity index (χ0n) is 13.2. The lowest BCUT2D eigenvalue weighted by Gasteiger charge is -2.14. The number of hydrogen-bond donors (Lipinski definition) is 1. The summed E-state index contributed by atoms with van der Waals surface area (Å²) in [5, 5.41) is 11.0. The quantitative estimate of drug-likeness (QED) is 0.358. The molecule has 2 unspecified atom stereocenters. The summed E-state index contributed by atoms with van der Waals surface area (Å²) in [6.45, 7) is 2.13. The Balaban J connectivity index is 1.52. The minimum Gasteiger partial charge on any atom is -0.300 e. The van der Waals surface area contributed by atoms with Crippen molar-refractivity contribution in [3.63, 3.8) is 0 Å². The molecular weight excluding hydrogens is 348 g/mol. The maximum absolute atomic E-state index is 12.3. The second-order valence-electron chi connectivity index (χ2n) is 5.59. The highest BCUT2D eigenvalue weighted by molar-refractivity contribution is 8.01. The van der Waals surface area contributed by atoms with E-state index < -0.39 is 0 Å². The summed E-state index contributed by atoms with van der Waals surface area (Å²) in [7, 11) is 0. The summed E-state index contributed by atoms with van der Waals surface area (Å²) in [5.41, 5.74) is 0. The third-order valence-corrected chi connectivity index (χ3v) is 5.94. The van der Waals surface area contributed by atoms with Gasteiger partial charge >= 0.3 is 0 Å². The van der Waals surface area contributed by atoms with Crippen molar-refractivity contribution in [3.05, 3.63) is 12.2 Å². The van der Waals surface area contributed by atoms with Gasteiger partial charge in [-0.15, -0.1) is 10.2 Å². The van der Waals surface area contributed by atoms with Crippen molar-refractivity contribution in [2.45, 2.75) is 30.5 Å². The number of amides is 3. The average molecular weight is 366 g/mol. The van der Waals surface area contributed by atoms with Crippen molar-refractivity contribution in [1.82, 2.24) is 15.1 Å². The summed E-state index contributed by atoms with van der Waals surface area (Å²) in [5.74, 6) is -0.184. The van der Waals surface area contributed by atoms with Gasteiger partial charge in [-0.3, -0.25) is 19.3 Å². The molecule has 1 aliphatic carbocycles. The van der Waals surface area contributed by atoms with Crippen LogP contribution in [0.15, 0.2) is 16.5 Å². The highest BCUT2D eigenvalue weighted by atomic mass is 32.2. The number of carbonyl (C=O) groups is 3. The summed E-state index contributed by atoms with van der Waals surface area (Å²) in [6, 6.07) is 0. The van der Waals surface area contributed by atoms with E-state index in [4.69, 9.17) is 0 Å². The minimum atomic E-state index is -0.271. The number of anilines is 1. The van der Waals surface area contributed by atoms with E-state index in [9.17, 15) is 14.4 Å². The van der Waals surface area contributed by atoms with Gasteiger partial charge in [-0.2, -0.15) is 0 Å². The van der Waals surface area contributed by atoms with Gasteiger partial charge in [0.25, 0.3) is 0 Å². The Morgan fingerprint density at radius 1 is 1.29 bits per heavy atom. The Morgan fingerprint density at radius 3 is 2.58 bits per heavy atom. The lowest BCUT2D eigenvalue weighted by atomic mass is 9.85. The Bertz CT molecular complexity index is 662. The molecule has 9 heteroatoms. The number of fused-ring (bicyclic) bond motifs is 1. The van der Waals surface area contributed by atoms with Gasteiger partial charge in [0.05, 0.1) is 11.8 Å². The van der Waals surface area contributed by atoms with Crippen molar-refractivity contribution in [1.29, 1.82) is 0 Å². The van der Waals surface area contributed by atoms with Gasteiger partial charge in [0.15, 0.2) is 4.34 Å². The summed E-state index contributed by atoms with van der Waals surface area (Å²) < 4.78 is 0.800. The van der Waals surface area contributed by atoms with Crippen LogP contribution in [-0.2, 0) is 14.4 Å². The summed E-state index contributed by atoms with van der Waals surface area (Å²) in [4.78, 5) is 37.9. The van der Waals surface area contributed by atoms with Crippen molar-refractivity contribution in [3.8, 4) is 0 Å². The van der Waals surface area contributed by atoms with E-state index in [0.29, 0.717) is 18.0 Å². The van der Waals surface area contributed by atoms with Crippen LogP contribution in [0.5, 0.6) is 0 Å². The van der Waals surface area contributed by atoms with Gasteiger partial charge in [-0.1, -0.05) is 42.2 Å². The van der Waals surface area contributed by atoms with Gasteiger partial charge in [0.1, 0.15) is 0 Å². The number of hydrogen-bond acceptors (Lipinski definition) is 7. The molecule has 7 nitrogen and oxygen atoms in total. The molecule has 0 saturated carbocycles. The van der Waals surface area contributed by atoms with Crippen LogP contribution in [0.1, 0.15) is 26.2 Å². The van der Waals surface area contributed by atoms with E-state index in [0.717, 1.165) is 10.1 Å². The molecule has 2 atom stereocenters. The lowest BCUT2D eigenvalue weighted by molar-refractivity contribution is -0.140. The Kier molecular flexibility index (Phi) is 5.30. The average Bonchev–Trinajstić information content (AvgIpc) is 3.10. The molecule has 2 heterocycles. The van der Waals surface area contributed by atoms with Crippen molar-refractivity contribution >= 4 is 46.0 Å². The van der Waals surface area contributed by atoms with Crippen LogP contribution in [0.4, 0.5) is 5.13 Å². The number of imide groups is 1. The van der Waals surface area contributed by atoms with E-state index in [1.54, 1.807) is 11.8 Å². The maximum atomic E-state index is 12.3. The predicted octanol–water partition coefficient (Wildman–Crippen LogP) is 1.93. The smallest absolute Gasteiger partial charge is 0.233 e. The number of nitrogens with one attached hydrogen (secondary N) is 1. The fourth-order valence-electron chi connectivity index (χ4n) is 2.93. The summed E-state index contributed by atoms with van der Waals surface area (Å²) >= 11 is 2.87. The number of allylic oxidation sites excluding steroid dienone is 2. The van der Waals surface area contributed by atoms with Crippen LogP contribution < -0.4 is 5.32 Å². The zero-order chi connectivity index (χ0) is 17.1. The number of likely N-dealkylation sites (tertiary alicyclic amines) is 1. The fraction of sp³-hybridized carbons (Fsp3) is 0.533. The minimum absolute atomic E-state index is 0.0696. The van der Waals surface area contributed by atoms with Crippen LogP contribution in [-0.4, -0.2) is 45.1 Å². The van der Waals surface area contributed by atoms with Crippen molar-refractivity contribution in [2.24, 2.45) is 11.8 Å². The number of rotatable bonds is 6. The second-order valence-corrected chi connectivity index (χ2v) is 8.08. The first kappa shape index (κ1) is 17.1. The van der Waals surface area contributed by atoms with Crippen LogP contribution in [0, 0.1) is 11.8 Å². The third-order valence-electron chi connectivity index (χ3n) is 4.08. The first-order chi connectivity index (χ1) is 11.6. The van der Waals surface area contributed by atoms with E-state index in [-0.39, 0.29) is 42.5 Å². The molecule has 1 aromatic heterocycles. The van der Waals surface area contributed by atoms with Gasteiger partial charge in [0.2, 0.25) is 22.9 Å². The predicted molar refractivity (Wildman–Crippen MR) is 91.6 cm³/mol. The molecule has 0 aromatic carbocycles. The van der Waals surface area contributed by atoms with E-state index in [1.807, 2.05) is 19.1 Å². The first-order valence-electron chi connectivity index (χ1n) is 7.86. The molecule has 3 amide bonds. The molecule has 1 aliphatic heterocycles. The Labute approximate surface area is 147 Å². The monoisotopic (exact) mass is 366 g/mol. The molecule has 0 radical (unpaired) electrons. The number of thioether (sulfide) groups is 1. The first-order valence-corrected chi connectivity index (χ1v) is 9.66. The fourth-order valence-corrected chi connectivity index (χ4v) is 4.59. The Hall–Kier alpha value is -1.74. The molecule has 1 aromatic rings. The van der Waals surface area contributed by atoms with Gasteiger partial charge < -0.3 is 5.32 Å². The molecule has 2 aliphatic rings. The van der Waals surface area contributed by atoms with Crippen LogP contribution in [0.2, 0.25) is 0 Å². The normalized spacial score (nSPS) is 22.8. The van der Waals surface area contributed by atoms with Crippen LogP contribution in [0.3, 0.4) is 0 Å². The van der Waals surface area contributed by atoms with E-state index in [1.165, 1.54) is 16.2 Å². The largest absolute Gasteiger partial charge is 0.300 e. The number of aromatic nitrogens is 2. The number of nitrogens with zero attached hydrogens (tertiary/aromatic N) is 3. The summed E-state index contributed by atoms with van der Waals surface area (Å²) in [6.07, 6.45) is 5.19. The van der Waals surface area contributed by atoms with E-state index >= 15 is 0 Å². The molecule has 3 rings (SSSR count). The van der Waals surface area contributed by atoms with Crippen LogP contribution in [0.25, 0.3) is 0 Å². The molecule has 1 N–H and O–H groups in total. The molecule has 1 fully saturated rings. The van der Waals surface area contributed by atoms with Crippen molar-refractivity contribution in [2.75, 3.05) is 17.6 Å². The highest BCUT2D eigenvalue weighted by Gasteiger charge is 2.46. The topological polar surface area (TPSA) is 92.3 Å². The molecule has 128 valence electrons. The van der Waals surface area contributed by atoms with Gasteiger partial charge in [0, 0.05) is 13.0 Å². The van der Waals surface area contributed by atoms with Gasteiger partial charge in [-0.05, 0) is 18.6 Å². The lowest BCUT2D eigenvalue weighted by Crippen LogP contribution is -2.34. The molecule has 24 heavy (non-hydrogen) atoms. The third kappa shape index (κ3) is 3.51. The molecule has 1 saturated heterocycles. The standard InChI is InChI=1S/C15H18N4O3S2/c1-2-23-15-18-17-14(24-15)16-11(20)7-8-19-12(21)9-5-3-4-6-10(9)13(19)22/h3-4,9-10H,2,5-8H2,1H3,(H,16,17,20).